The molecule has 670 valence electrons. The second-order valence-electron chi connectivity index (χ2n) is 39.1. The molecule has 0 saturated heterocycles. The number of furan rings is 1. The van der Waals surface area contributed by atoms with Gasteiger partial charge in [-0.3, -0.25) is 0 Å². The van der Waals surface area contributed by atoms with Crippen molar-refractivity contribution in [3.05, 3.63) is 513 Å². The molecular weight excluding hydrogens is 1740 g/mol. The minimum atomic E-state index is -0.137. The summed E-state index contributed by atoms with van der Waals surface area (Å²) in [6.07, 6.45) is 0. The maximum absolute atomic E-state index is 7.19. The van der Waals surface area contributed by atoms with Gasteiger partial charge in [0.2, 0.25) is 0 Å². The number of hydrogen-bond donors (Lipinski definition) is 0. The topological polar surface area (TPSA) is 22.9 Å². The molecule has 28 rings (SSSR count). The van der Waals surface area contributed by atoms with Gasteiger partial charge in [-0.05, 0) is 201 Å². The van der Waals surface area contributed by atoms with E-state index < -0.39 is 0 Å². The number of fused-ring (bicyclic) bond motifs is 24. The fourth-order valence-electron chi connectivity index (χ4n) is 23.5. The van der Waals surface area contributed by atoms with Crippen LogP contribution in [0.3, 0.4) is 0 Å². The van der Waals surface area contributed by atoms with Gasteiger partial charge in [0.25, 0.3) is 0 Å². The third-order valence-electron chi connectivity index (χ3n) is 30.2. The molecule has 0 bridgehead atoms. The molecule has 0 aliphatic heterocycles. The van der Waals surface area contributed by atoms with Crippen LogP contribution in [0.15, 0.2) is 484 Å². The molecule has 141 heavy (non-hydrogen) atoms. The predicted molar refractivity (Wildman–Crippen MR) is 603 cm³/mol. The lowest BCUT2D eigenvalue weighted by atomic mass is 9.82. The number of para-hydroxylation sites is 4. The first-order valence-electron chi connectivity index (χ1n) is 48.9. The van der Waals surface area contributed by atoms with Crippen LogP contribution in [0.1, 0.15) is 74.9 Å². The van der Waals surface area contributed by atoms with Gasteiger partial charge in [0, 0.05) is 97.2 Å². The summed E-state index contributed by atoms with van der Waals surface area (Å²) in [6.45, 7) is 14.1. The Morgan fingerprint density at radius 2 is 0.511 bits per heavy atom. The minimum Gasteiger partial charge on any atom is -0.453 e. The molecule has 0 fully saturated rings. The molecule has 22 aromatic carbocycles. The summed E-state index contributed by atoms with van der Waals surface area (Å²) in [5, 5.41) is 15.1. The largest absolute Gasteiger partial charge is 0.453 e. The maximum atomic E-state index is 7.19. The van der Waals surface area contributed by atoms with Crippen LogP contribution in [-0.2, 0) is 16.2 Å². The summed E-state index contributed by atoms with van der Waals surface area (Å²) in [6, 6.07) is 175. The summed E-state index contributed by atoms with van der Waals surface area (Å²) >= 11 is 3.80. The Bertz CT molecular complexity index is 9300. The van der Waals surface area contributed by atoms with Gasteiger partial charge in [-0.15, -0.1) is 22.7 Å². The molecule has 6 heteroatoms. The minimum absolute atomic E-state index is 0.0882. The number of anilines is 9. The van der Waals surface area contributed by atoms with Crippen LogP contribution in [0.2, 0.25) is 0 Å². The van der Waals surface area contributed by atoms with Crippen LogP contribution in [-0.4, -0.2) is 0 Å². The second kappa shape index (κ2) is 33.9. The van der Waals surface area contributed by atoms with Gasteiger partial charge >= 0.3 is 0 Å². The standard InChI is InChI=1S/C49H35NO.2C43H31NS/c1-49(2)42-25-13-11-23-38(42)39-29-28-35(31-43(39)49)50(44-26-14-12-21-36(44)32-16-5-3-6-17-32)45-27-15-24-40-46-37-22-10-9-20-34(37)30-41(48(46)51-47(40)45)33-18-7-4-8-19-33;1-43(2)34-21-10-8-19-32(34)41-35(43)22-13-24-37(41)44(36-23-11-9-17-30(36)28-14-4-3-5-15-28)38-25-12-20-33-40-31-18-7-6-16-29(31)26-27-39(40)45-42(33)38;1-43(2)36-20-10-8-18-33(36)34-25-24-30(27-37(34)43)44(38-21-11-9-16-31(38)28-13-4-3-5-14-28)39-22-12-19-35-41-32-17-7-6-15-29(32)23-26-40(41)45-42(35)39/h3-31H,1-2H3;2*3-27H,1-2H3. The number of thiophene rings is 2. The number of nitrogens with zero attached hydrogens (tertiary/aromatic N) is 3. The van der Waals surface area contributed by atoms with Crippen molar-refractivity contribution in [3.63, 3.8) is 0 Å². The lowest BCUT2D eigenvalue weighted by molar-refractivity contribution is 0.660. The summed E-state index contributed by atoms with van der Waals surface area (Å²) in [5.74, 6) is 0. The Morgan fingerprint density at radius 1 is 0.191 bits per heavy atom. The van der Waals surface area contributed by atoms with E-state index in [9.17, 15) is 0 Å². The summed E-state index contributed by atoms with van der Waals surface area (Å²) < 4.78 is 12.4. The van der Waals surface area contributed by atoms with Gasteiger partial charge in [0.1, 0.15) is 5.58 Å². The number of benzene rings is 22. The van der Waals surface area contributed by atoms with Crippen molar-refractivity contribution < 1.29 is 4.42 Å². The zero-order valence-electron chi connectivity index (χ0n) is 79.2. The van der Waals surface area contributed by atoms with Gasteiger partial charge in [0.05, 0.1) is 49.2 Å². The van der Waals surface area contributed by atoms with Crippen molar-refractivity contribution in [2.24, 2.45) is 0 Å². The van der Waals surface area contributed by atoms with Gasteiger partial charge in [-0.25, -0.2) is 0 Å². The van der Waals surface area contributed by atoms with Crippen LogP contribution >= 0.6 is 22.7 Å². The first-order chi connectivity index (χ1) is 69.3. The molecule has 0 unspecified atom stereocenters. The lowest BCUT2D eigenvalue weighted by Gasteiger charge is -2.31. The van der Waals surface area contributed by atoms with E-state index in [0.29, 0.717) is 0 Å². The van der Waals surface area contributed by atoms with Crippen LogP contribution < -0.4 is 14.7 Å². The van der Waals surface area contributed by atoms with E-state index in [1.165, 1.54) is 201 Å². The van der Waals surface area contributed by atoms with E-state index in [1.807, 2.05) is 22.7 Å². The molecule has 3 aliphatic carbocycles. The summed E-state index contributed by atoms with van der Waals surface area (Å²) in [7, 11) is 0. The molecule has 0 amide bonds. The normalized spacial score (nSPS) is 13.2. The lowest BCUT2D eigenvalue weighted by Crippen LogP contribution is -2.17. The third-order valence-corrected chi connectivity index (χ3v) is 32.6. The van der Waals surface area contributed by atoms with Gasteiger partial charge < -0.3 is 19.1 Å². The Kier molecular flexibility index (Phi) is 20.4. The molecule has 3 aromatic heterocycles. The van der Waals surface area contributed by atoms with Gasteiger partial charge in [-0.1, -0.05) is 436 Å². The molecular formula is C135H97N3OS2. The SMILES string of the molecule is CC1(C)c2ccccc2-c2c(N(c3ccccc3-c3ccccc3)c3cccc4c3sc3ccc5ccccc5c34)cccc21.CC1(C)c2ccccc2-c2ccc(N(c3ccccc3-c3ccccc3)c3cccc4c3oc3c(-c5ccccc5)cc5ccccc5c34)cc21.CC1(C)c2ccccc2-c2ccc(N(c3ccccc3-c3ccccc3)c3cccc4c3sc3ccc5ccccc5c34)cc21. The molecule has 4 nitrogen and oxygen atoms in total. The predicted octanol–water partition coefficient (Wildman–Crippen LogP) is 39.2. The van der Waals surface area contributed by atoms with Crippen molar-refractivity contribution in [3.8, 4) is 77.9 Å². The molecule has 0 saturated carbocycles. The van der Waals surface area contributed by atoms with Crippen LogP contribution in [0.25, 0.3) is 172 Å². The highest BCUT2D eigenvalue weighted by Gasteiger charge is 2.41. The number of hydrogen-bond acceptors (Lipinski definition) is 6. The highest BCUT2D eigenvalue weighted by atomic mass is 32.1. The fraction of sp³-hybridized carbons (Fsp3) is 0.0667. The average Bonchev–Trinajstić information content (AvgIpc) is 1.56. The third kappa shape index (κ3) is 13.8. The van der Waals surface area contributed by atoms with Crippen LogP contribution in [0, 0.1) is 0 Å². The van der Waals surface area contributed by atoms with E-state index in [1.54, 1.807) is 0 Å². The fourth-order valence-corrected chi connectivity index (χ4v) is 25.9. The van der Waals surface area contributed by atoms with Crippen molar-refractivity contribution in [1.82, 2.24) is 0 Å². The Balaban J connectivity index is 0.000000109. The first kappa shape index (κ1) is 84.7. The zero-order valence-corrected chi connectivity index (χ0v) is 80.8. The van der Waals surface area contributed by atoms with Crippen molar-refractivity contribution >= 4 is 168 Å². The summed E-state index contributed by atoms with van der Waals surface area (Å²) in [5.41, 5.74) is 37.4. The second-order valence-corrected chi connectivity index (χ2v) is 41.2. The van der Waals surface area contributed by atoms with Crippen molar-refractivity contribution in [2.45, 2.75) is 57.8 Å². The highest BCUT2D eigenvalue weighted by Crippen LogP contribution is 2.60. The zero-order chi connectivity index (χ0) is 94.4. The van der Waals surface area contributed by atoms with Gasteiger partial charge in [-0.2, -0.15) is 0 Å². The monoisotopic (exact) mass is 1840 g/mol. The molecule has 0 radical (unpaired) electrons. The number of rotatable bonds is 13. The molecule has 0 spiro atoms. The summed E-state index contributed by atoms with van der Waals surface area (Å²) in [4.78, 5) is 7.46. The highest BCUT2D eigenvalue weighted by molar-refractivity contribution is 7.27. The molecule has 0 atom stereocenters. The Labute approximate surface area is 829 Å². The molecule has 25 aromatic rings. The Hall–Kier alpha value is -16.7. The van der Waals surface area contributed by atoms with E-state index >= 15 is 0 Å². The van der Waals surface area contributed by atoms with E-state index in [0.717, 1.165) is 55.7 Å². The molecule has 0 N–H and O–H groups in total. The quantitative estimate of drug-likeness (QED) is 0.115. The average molecular weight is 1840 g/mol. The van der Waals surface area contributed by atoms with E-state index in [-0.39, 0.29) is 16.2 Å². The van der Waals surface area contributed by atoms with Crippen LogP contribution in [0.5, 0.6) is 0 Å². The van der Waals surface area contributed by atoms with Gasteiger partial charge in [0.15, 0.2) is 5.58 Å². The maximum Gasteiger partial charge on any atom is 0.159 e. The van der Waals surface area contributed by atoms with Crippen molar-refractivity contribution in [1.29, 1.82) is 0 Å². The molecule has 3 heterocycles. The molecule has 3 aliphatic rings. The van der Waals surface area contributed by atoms with Crippen LogP contribution in [0.4, 0.5) is 51.2 Å². The Morgan fingerprint density at radius 3 is 0.993 bits per heavy atom. The van der Waals surface area contributed by atoms with E-state index in [2.05, 4.69) is 535 Å². The smallest absolute Gasteiger partial charge is 0.159 e. The van der Waals surface area contributed by atoms with E-state index in [4.69, 9.17) is 4.42 Å². The van der Waals surface area contributed by atoms with Crippen molar-refractivity contribution in [2.75, 3.05) is 14.7 Å². The first-order valence-corrected chi connectivity index (χ1v) is 50.6.